The van der Waals surface area contributed by atoms with Crippen LogP contribution in [0, 0.1) is 3.57 Å². The number of hydrogen-bond donors (Lipinski definition) is 2. The van der Waals surface area contributed by atoms with Gasteiger partial charge in [0.05, 0.1) is 24.2 Å². The maximum atomic E-state index is 13.5. The van der Waals surface area contributed by atoms with Crippen molar-refractivity contribution in [3.8, 4) is 0 Å². The summed E-state index contributed by atoms with van der Waals surface area (Å²) in [4.78, 5) is 23.3. The number of amides is 1. The smallest absolute Gasteiger partial charge is 0.270 e. The molecular weight excluding hydrogens is 479 g/mol. The summed E-state index contributed by atoms with van der Waals surface area (Å²) in [7, 11) is 0. The molecule has 0 atom stereocenters. The number of aromatic amines is 1. The molecule has 3 N–H and O–H groups in total. The van der Waals surface area contributed by atoms with Gasteiger partial charge in [-0.1, -0.05) is 26.0 Å². The Morgan fingerprint density at radius 2 is 1.93 bits per heavy atom. The maximum absolute atomic E-state index is 13.5. The number of hydrogen-bond acceptors (Lipinski definition) is 4. The molecule has 1 amide bonds. The predicted octanol–water partition coefficient (Wildman–Crippen LogP) is 4.61. The van der Waals surface area contributed by atoms with Gasteiger partial charge in [-0.05, 0) is 59.2 Å². The lowest BCUT2D eigenvalue weighted by Gasteiger charge is -2.30. The molecule has 152 valence electrons. The Bertz CT molecular complexity index is 1040. The average Bonchev–Trinajstić information content (AvgIpc) is 3.36. The molecule has 0 unspecified atom stereocenters. The molecule has 0 radical (unpaired) electrons. The Kier molecular flexibility index (Phi) is 5.78. The van der Waals surface area contributed by atoms with E-state index < -0.39 is 0 Å². The third kappa shape index (κ3) is 3.85. The molecule has 6 nitrogen and oxygen atoms in total. The van der Waals surface area contributed by atoms with Gasteiger partial charge in [-0.3, -0.25) is 4.79 Å². The highest BCUT2D eigenvalue weighted by molar-refractivity contribution is 14.1. The Hall–Kier alpha value is -2.13. The molecule has 0 saturated heterocycles. The van der Waals surface area contributed by atoms with E-state index in [2.05, 4.69) is 70.7 Å². The normalized spacial score (nSPS) is 13.2. The van der Waals surface area contributed by atoms with Gasteiger partial charge in [0, 0.05) is 27.3 Å². The molecule has 0 fully saturated rings. The molecule has 1 aliphatic rings. The van der Waals surface area contributed by atoms with E-state index in [1.165, 1.54) is 3.57 Å². The van der Waals surface area contributed by atoms with Crippen molar-refractivity contribution in [2.45, 2.75) is 52.5 Å². The highest BCUT2D eigenvalue weighted by Crippen LogP contribution is 2.31. The van der Waals surface area contributed by atoms with Crippen LogP contribution in [0.3, 0.4) is 0 Å². The van der Waals surface area contributed by atoms with E-state index >= 15 is 0 Å². The zero-order chi connectivity index (χ0) is 20.5. The number of fused-ring (bicyclic) bond motifs is 3. The van der Waals surface area contributed by atoms with Gasteiger partial charge in [-0.15, -0.1) is 0 Å². The fourth-order valence-corrected chi connectivity index (χ4v) is 4.35. The van der Waals surface area contributed by atoms with Gasteiger partial charge in [0.15, 0.2) is 0 Å². The first kappa shape index (κ1) is 20.2. The first-order chi connectivity index (χ1) is 14.0. The number of nitrogen functional groups attached to an aromatic ring is 1. The molecular formula is C22H25IN4O2. The van der Waals surface area contributed by atoms with Gasteiger partial charge in [-0.2, -0.15) is 0 Å². The van der Waals surface area contributed by atoms with E-state index in [1.807, 2.05) is 11.0 Å². The van der Waals surface area contributed by atoms with Gasteiger partial charge in [0.25, 0.3) is 5.91 Å². The van der Waals surface area contributed by atoms with E-state index in [9.17, 15) is 4.79 Å². The van der Waals surface area contributed by atoms with E-state index in [0.29, 0.717) is 36.8 Å². The van der Waals surface area contributed by atoms with E-state index in [-0.39, 0.29) is 11.9 Å². The monoisotopic (exact) mass is 504 g/mol. The topological polar surface area (TPSA) is 84.2 Å². The number of rotatable bonds is 6. The summed E-state index contributed by atoms with van der Waals surface area (Å²) in [5.74, 6) is 0.472. The summed E-state index contributed by atoms with van der Waals surface area (Å²) in [5, 5.41) is 0. The molecule has 0 saturated carbocycles. The minimum atomic E-state index is -0.0125. The fourth-order valence-electron chi connectivity index (χ4n) is 3.99. The molecule has 4 rings (SSSR count). The van der Waals surface area contributed by atoms with Crippen LogP contribution in [0.5, 0.6) is 0 Å². The SMILES string of the molecule is CCC(CC)N(Cc1ccc(I)cc1)C(=O)c1cc2nc(N)c3c(c2[nH]1)COC3. The lowest BCUT2D eigenvalue weighted by Crippen LogP contribution is -2.39. The second-order valence-corrected chi connectivity index (χ2v) is 8.67. The lowest BCUT2D eigenvalue weighted by molar-refractivity contribution is 0.0644. The number of ether oxygens (including phenoxy) is 1. The van der Waals surface area contributed by atoms with Gasteiger partial charge in [-0.25, -0.2) is 4.98 Å². The van der Waals surface area contributed by atoms with Gasteiger partial charge < -0.3 is 20.4 Å². The van der Waals surface area contributed by atoms with Gasteiger partial charge in [0.2, 0.25) is 0 Å². The van der Waals surface area contributed by atoms with E-state index in [4.69, 9.17) is 10.5 Å². The lowest BCUT2D eigenvalue weighted by atomic mass is 10.1. The van der Waals surface area contributed by atoms with Crippen molar-refractivity contribution in [2.75, 3.05) is 5.73 Å². The first-order valence-corrected chi connectivity index (χ1v) is 11.0. The number of halogens is 1. The molecule has 0 aliphatic carbocycles. The summed E-state index contributed by atoms with van der Waals surface area (Å²) in [6.07, 6.45) is 1.81. The van der Waals surface area contributed by atoms with Crippen LogP contribution < -0.4 is 5.73 Å². The molecule has 3 aromatic rings. The van der Waals surface area contributed by atoms with Crippen LogP contribution in [0.1, 0.15) is 53.9 Å². The quantitative estimate of drug-likeness (QED) is 0.481. The standard InChI is InChI=1S/C22H25IN4O2/c1-3-15(4-2)27(10-13-5-7-14(23)8-6-13)22(28)19-9-18-20(25-19)16-11-29-12-17(16)21(24)26-18/h5-9,15,25H,3-4,10-12H2,1-2H3,(H2,24,26). The predicted molar refractivity (Wildman–Crippen MR) is 122 cm³/mol. The number of benzene rings is 1. The Morgan fingerprint density at radius 3 is 2.62 bits per heavy atom. The number of nitrogens with two attached hydrogens (primary N) is 1. The zero-order valence-corrected chi connectivity index (χ0v) is 18.8. The Morgan fingerprint density at radius 1 is 1.24 bits per heavy atom. The number of aromatic nitrogens is 2. The van der Waals surface area contributed by atoms with Crippen molar-refractivity contribution >= 4 is 45.3 Å². The summed E-state index contributed by atoms with van der Waals surface area (Å²) in [6.45, 7) is 5.79. The largest absolute Gasteiger partial charge is 0.383 e. The van der Waals surface area contributed by atoms with Crippen molar-refractivity contribution in [3.63, 3.8) is 0 Å². The number of nitrogens with zero attached hydrogens (tertiary/aromatic N) is 2. The van der Waals surface area contributed by atoms with Crippen LogP contribution in [-0.4, -0.2) is 26.8 Å². The fraction of sp³-hybridized carbons (Fsp3) is 0.364. The molecule has 0 spiro atoms. The number of pyridine rings is 1. The van der Waals surface area contributed by atoms with Gasteiger partial charge in [0.1, 0.15) is 11.5 Å². The summed E-state index contributed by atoms with van der Waals surface area (Å²) < 4.78 is 6.73. The Balaban J connectivity index is 1.71. The number of nitrogens with one attached hydrogen (secondary N) is 1. The third-order valence-electron chi connectivity index (χ3n) is 5.65. The molecule has 1 aromatic carbocycles. The zero-order valence-electron chi connectivity index (χ0n) is 16.7. The first-order valence-electron chi connectivity index (χ1n) is 9.94. The minimum absolute atomic E-state index is 0.0125. The van der Waals surface area contributed by atoms with Crippen molar-refractivity contribution < 1.29 is 9.53 Å². The summed E-state index contributed by atoms with van der Waals surface area (Å²) >= 11 is 2.29. The van der Waals surface area contributed by atoms with Crippen LogP contribution in [0.25, 0.3) is 11.0 Å². The highest BCUT2D eigenvalue weighted by Gasteiger charge is 2.26. The van der Waals surface area contributed by atoms with Crippen molar-refractivity contribution in [1.82, 2.24) is 14.9 Å². The van der Waals surface area contributed by atoms with Crippen LogP contribution in [-0.2, 0) is 24.5 Å². The molecule has 7 heteroatoms. The van der Waals surface area contributed by atoms with E-state index in [1.54, 1.807) is 0 Å². The number of anilines is 1. The van der Waals surface area contributed by atoms with Crippen molar-refractivity contribution in [2.24, 2.45) is 0 Å². The second-order valence-electron chi connectivity index (χ2n) is 7.42. The molecule has 2 aromatic heterocycles. The van der Waals surface area contributed by atoms with E-state index in [0.717, 1.165) is 35.0 Å². The summed E-state index contributed by atoms with van der Waals surface area (Å²) in [5.41, 5.74) is 11.3. The number of carbonyl (C=O) groups excluding carboxylic acids is 1. The van der Waals surface area contributed by atoms with Crippen LogP contribution in [0.4, 0.5) is 5.82 Å². The Labute approximate surface area is 184 Å². The molecule has 1 aliphatic heterocycles. The third-order valence-corrected chi connectivity index (χ3v) is 6.37. The minimum Gasteiger partial charge on any atom is -0.383 e. The molecule has 29 heavy (non-hydrogen) atoms. The van der Waals surface area contributed by atoms with Crippen molar-refractivity contribution in [3.05, 3.63) is 56.3 Å². The number of H-pyrrole nitrogens is 1. The maximum Gasteiger partial charge on any atom is 0.270 e. The van der Waals surface area contributed by atoms with Crippen LogP contribution in [0.15, 0.2) is 30.3 Å². The number of carbonyl (C=O) groups is 1. The average molecular weight is 504 g/mol. The van der Waals surface area contributed by atoms with Gasteiger partial charge >= 0.3 is 0 Å². The molecule has 3 heterocycles. The highest BCUT2D eigenvalue weighted by atomic mass is 127. The van der Waals surface area contributed by atoms with Crippen LogP contribution in [0.2, 0.25) is 0 Å². The second kappa shape index (κ2) is 8.31. The summed E-state index contributed by atoms with van der Waals surface area (Å²) in [6, 6.07) is 10.3. The molecule has 0 bridgehead atoms. The van der Waals surface area contributed by atoms with Crippen molar-refractivity contribution in [1.29, 1.82) is 0 Å². The van der Waals surface area contributed by atoms with Crippen LogP contribution >= 0.6 is 22.6 Å².